The minimum Gasteiger partial charge on any atom is -0.314 e. The van der Waals surface area contributed by atoms with Crippen LogP contribution in [0.3, 0.4) is 0 Å². The Balaban J connectivity index is 1.97. The maximum absolute atomic E-state index is 8.34. The standard InChI is InChI=1S/C11H20N2/c1-10(11(2)6-7-11)13-9-5-3-4-8-12/h10,13H,3-7,9H2,1-2H3. The summed E-state index contributed by atoms with van der Waals surface area (Å²) in [5.74, 6) is 0. The molecule has 2 nitrogen and oxygen atoms in total. The molecule has 0 amide bonds. The Kier molecular flexibility index (Phi) is 3.74. The van der Waals surface area contributed by atoms with E-state index in [0.717, 1.165) is 19.4 Å². The highest BCUT2D eigenvalue weighted by atomic mass is 14.9. The van der Waals surface area contributed by atoms with Gasteiger partial charge < -0.3 is 5.32 Å². The first-order chi connectivity index (χ1) is 6.19. The van der Waals surface area contributed by atoms with Crippen LogP contribution in [0, 0.1) is 16.7 Å². The summed E-state index contributed by atoms with van der Waals surface area (Å²) in [5, 5.41) is 11.9. The molecule has 13 heavy (non-hydrogen) atoms. The van der Waals surface area contributed by atoms with Crippen molar-refractivity contribution in [1.29, 1.82) is 5.26 Å². The molecule has 1 fully saturated rings. The van der Waals surface area contributed by atoms with Crippen LogP contribution in [0.1, 0.15) is 46.0 Å². The molecule has 0 aromatic rings. The van der Waals surface area contributed by atoms with Gasteiger partial charge in [-0.15, -0.1) is 0 Å². The van der Waals surface area contributed by atoms with E-state index in [4.69, 9.17) is 5.26 Å². The van der Waals surface area contributed by atoms with Crippen LogP contribution in [0.4, 0.5) is 0 Å². The van der Waals surface area contributed by atoms with Gasteiger partial charge in [-0.25, -0.2) is 0 Å². The number of rotatable bonds is 6. The van der Waals surface area contributed by atoms with Gasteiger partial charge in [0.1, 0.15) is 0 Å². The number of hydrogen-bond donors (Lipinski definition) is 1. The van der Waals surface area contributed by atoms with E-state index in [2.05, 4.69) is 25.2 Å². The highest BCUT2D eigenvalue weighted by Gasteiger charge is 2.41. The topological polar surface area (TPSA) is 35.8 Å². The van der Waals surface area contributed by atoms with E-state index in [-0.39, 0.29) is 0 Å². The monoisotopic (exact) mass is 180 g/mol. The molecule has 1 aliphatic rings. The van der Waals surface area contributed by atoms with E-state index in [0.29, 0.717) is 17.9 Å². The molecule has 1 aliphatic carbocycles. The quantitative estimate of drug-likeness (QED) is 0.637. The molecular formula is C11H20N2. The van der Waals surface area contributed by atoms with Crippen molar-refractivity contribution in [2.45, 2.75) is 52.0 Å². The lowest BCUT2D eigenvalue weighted by Crippen LogP contribution is -2.33. The maximum Gasteiger partial charge on any atom is 0.0621 e. The summed E-state index contributed by atoms with van der Waals surface area (Å²) in [7, 11) is 0. The van der Waals surface area contributed by atoms with Gasteiger partial charge in [-0.05, 0) is 44.6 Å². The fraction of sp³-hybridized carbons (Fsp3) is 0.909. The molecule has 1 rings (SSSR count). The number of nitriles is 1. The van der Waals surface area contributed by atoms with Crippen molar-refractivity contribution in [3.05, 3.63) is 0 Å². The van der Waals surface area contributed by atoms with E-state index < -0.39 is 0 Å². The summed E-state index contributed by atoms with van der Waals surface area (Å²) < 4.78 is 0. The van der Waals surface area contributed by atoms with Crippen LogP contribution in [-0.2, 0) is 0 Å². The Morgan fingerprint density at radius 2 is 2.15 bits per heavy atom. The van der Waals surface area contributed by atoms with Gasteiger partial charge >= 0.3 is 0 Å². The number of nitrogens with one attached hydrogen (secondary N) is 1. The number of unbranched alkanes of at least 4 members (excludes halogenated alkanes) is 2. The molecule has 0 aliphatic heterocycles. The lowest BCUT2D eigenvalue weighted by Gasteiger charge is -2.20. The second-order valence-corrected chi connectivity index (χ2v) is 4.45. The Morgan fingerprint density at radius 3 is 2.69 bits per heavy atom. The van der Waals surface area contributed by atoms with E-state index >= 15 is 0 Å². The van der Waals surface area contributed by atoms with Gasteiger partial charge in [0.05, 0.1) is 6.07 Å². The normalized spacial score (nSPS) is 20.7. The molecule has 1 atom stereocenters. The van der Waals surface area contributed by atoms with E-state index in [1.807, 2.05) is 0 Å². The number of nitrogens with zero attached hydrogens (tertiary/aromatic N) is 1. The fourth-order valence-electron chi connectivity index (χ4n) is 1.52. The molecule has 0 heterocycles. The molecule has 1 unspecified atom stereocenters. The smallest absolute Gasteiger partial charge is 0.0621 e. The SMILES string of the molecule is CC(NCCCCC#N)C1(C)CC1. The summed E-state index contributed by atoms with van der Waals surface area (Å²) in [6.45, 7) is 5.69. The largest absolute Gasteiger partial charge is 0.314 e. The van der Waals surface area contributed by atoms with Crippen LogP contribution >= 0.6 is 0 Å². The molecule has 0 bridgehead atoms. The zero-order valence-electron chi connectivity index (χ0n) is 8.77. The average molecular weight is 180 g/mol. The van der Waals surface area contributed by atoms with E-state index in [1.165, 1.54) is 12.8 Å². The number of hydrogen-bond acceptors (Lipinski definition) is 2. The van der Waals surface area contributed by atoms with Crippen LogP contribution in [0.15, 0.2) is 0 Å². The third-order valence-corrected chi connectivity index (χ3v) is 3.25. The van der Waals surface area contributed by atoms with Gasteiger partial charge in [0.25, 0.3) is 0 Å². The first-order valence-electron chi connectivity index (χ1n) is 5.29. The van der Waals surface area contributed by atoms with Crippen molar-refractivity contribution in [3.63, 3.8) is 0 Å². The van der Waals surface area contributed by atoms with Crippen molar-refractivity contribution in [3.8, 4) is 6.07 Å². The Labute approximate surface area is 81.3 Å². The Morgan fingerprint density at radius 1 is 1.46 bits per heavy atom. The molecule has 0 saturated heterocycles. The third-order valence-electron chi connectivity index (χ3n) is 3.25. The van der Waals surface area contributed by atoms with Gasteiger partial charge in [-0.3, -0.25) is 0 Å². The van der Waals surface area contributed by atoms with Crippen molar-refractivity contribution in [2.24, 2.45) is 5.41 Å². The molecule has 0 aromatic heterocycles. The van der Waals surface area contributed by atoms with Gasteiger partial charge in [-0.1, -0.05) is 6.92 Å². The maximum atomic E-state index is 8.34. The third kappa shape index (κ3) is 3.36. The van der Waals surface area contributed by atoms with Crippen LogP contribution < -0.4 is 5.32 Å². The van der Waals surface area contributed by atoms with Crippen LogP contribution in [-0.4, -0.2) is 12.6 Å². The fourth-order valence-corrected chi connectivity index (χ4v) is 1.52. The zero-order valence-corrected chi connectivity index (χ0v) is 8.77. The van der Waals surface area contributed by atoms with Crippen LogP contribution in [0.2, 0.25) is 0 Å². The summed E-state index contributed by atoms with van der Waals surface area (Å²) in [6, 6.07) is 2.82. The van der Waals surface area contributed by atoms with E-state index in [1.54, 1.807) is 0 Å². The molecule has 0 aromatic carbocycles. The molecule has 1 saturated carbocycles. The van der Waals surface area contributed by atoms with E-state index in [9.17, 15) is 0 Å². The van der Waals surface area contributed by atoms with Gasteiger partial charge in [0.2, 0.25) is 0 Å². The van der Waals surface area contributed by atoms with Gasteiger partial charge in [0.15, 0.2) is 0 Å². The summed E-state index contributed by atoms with van der Waals surface area (Å²) in [4.78, 5) is 0. The van der Waals surface area contributed by atoms with Gasteiger partial charge in [-0.2, -0.15) is 5.26 Å². The highest BCUT2D eigenvalue weighted by molar-refractivity contribution is 4.96. The van der Waals surface area contributed by atoms with Crippen LogP contribution in [0.5, 0.6) is 0 Å². The predicted molar refractivity (Wildman–Crippen MR) is 54.3 cm³/mol. The molecule has 0 radical (unpaired) electrons. The Hall–Kier alpha value is -0.550. The first-order valence-corrected chi connectivity index (χ1v) is 5.29. The van der Waals surface area contributed by atoms with Crippen molar-refractivity contribution >= 4 is 0 Å². The lowest BCUT2D eigenvalue weighted by atomic mass is 10.0. The van der Waals surface area contributed by atoms with Gasteiger partial charge in [0, 0.05) is 12.5 Å². The summed E-state index contributed by atoms with van der Waals surface area (Å²) in [6.07, 6.45) is 5.62. The molecular weight excluding hydrogens is 160 g/mol. The zero-order chi connectivity index (χ0) is 9.73. The highest BCUT2D eigenvalue weighted by Crippen LogP contribution is 2.47. The second kappa shape index (κ2) is 4.62. The summed E-state index contributed by atoms with van der Waals surface area (Å²) in [5.41, 5.74) is 0.579. The van der Waals surface area contributed by atoms with Crippen molar-refractivity contribution in [2.75, 3.05) is 6.54 Å². The lowest BCUT2D eigenvalue weighted by molar-refractivity contribution is 0.378. The van der Waals surface area contributed by atoms with Crippen molar-refractivity contribution < 1.29 is 0 Å². The minimum atomic E-state index is 0.579. The van der Waals surface area contributed by atoms with Crippen LogP contribution in [0.25, 0.3) is 0 Å². The minimum absolute atomic E-state index is 0.579. The first kappa shape index (κ1) is 10.5. The molecule has 2 heteroatoms. The molecule has 74 valence electrons. The summed E-state index contributed by atoms with van der Waals surface area (Å²) >= 11 is 0. The predicted octanol–water partition coefficient (Wildman–Crippen LogP) is 2.46. The Bertz CT molecular complexity index is 189. The average Bonchev–Trinajstić information content (AvgIpc) is 2.84. The molecule has 0 spiro atoms. The van der Waals surface area contributed by atoms with Crippen molar-refractivity contribution in [1.82, 2.24) is 5.32 Å². The molecule has 1 N–H and O–H groups in total. The second-order valence-electron chi connectivity index (χ2n) is 4.45.